The van der Waals surface area contributed by atoms with Gasteiger partial charge < -0.3 is 10.1 Å². The molecule has 1 aromatic carbocycles. The van der Waals surface area contributed by atoms with E-state index in [0.29, 0.717) is 18.2 Å². The van der Waals surface area contributed by atoms with Crippen molar-refractivity contribution >= 4 is 5.95 Å². The van der Waals surface area contributed by atoms with E-state index in [0.717, 1.165) is 16.9 Å². The van der Waals surface area contributed by atoms with Crippen LogP contribution < -0.4 is 15.6 Å². The SMILES string of the molecule is COc1cccc(CNc2nc(-c3ccncc3)cc(=O)[nH]2)c1. The van der Waals surface area contributed by atoms with Gasteiger partial charge >= 0.3 is 0 Å². The van der Waals surface area contributed by atoms with Gasteiger partial charge in [-0.3, -0.25) is 14.8 Å². The minimum atomic E-state index is -0.208. The number of methoxy groups -OCH3 is 1. The third-order valence-electron chi connectivity index (χ3n) is 3.31. The number of benzene rings is 1. The van der Waals surface area contributed by atoms with E-state index in [1.807, 2.05) is 36.4 Å². The Morgan fingerprint density at radius 3 is 2.78 bits per heavy atom. The molecule has 0 aliphatic heterocycles. The Balaban J connectivity index is 1.80. The summed E-state index contributed by atoms with van der Waals surface area (Å²) >= 11 is 0. The maximum atomic E-state index is 11.8. The molecule has 2 heterocycles. The van der Waals surface area contributed by atoms with Gasteiger partial charge in [0.15, 0.2) is 0 Å². The molecular formula is C17H16N4O2. The molecule has 3 rings (SSSR count). The van der Waals surface area contributed by atoms with E-state index in [4.69, 9.17) is 4.74 Å². The first-order valence-electron chi connectivity index (χ1n) is 7.13. The molecule has 116 valence electrons. The Kier molecular flexibility index (Phi) is 4.33. The molecule has 2 N–H and O–H groups in total. The number of ether oxygens (including phenoxy) is 1. The maximum Gasteiger partial charge on any atom is 0.252 e. The predicted molar refractivity (Wildman–Crippen MR) is 88.4 cm³/mol. The van der Waals surface area contributed by atoms with E-state index in [-0.39, 0.29) is 5.56 Å². The standard InChI is InChI=1S/C17H16N4O2/c1-23-14-4-2-3-12(9-14)11-19-17-20-15(10-16(22)21-17)13-5-7-18-8-6-13/h2-10H,11H2,1H3,(H2,19,20,21,22). The number of anilines is 1. The summed E-state index contributed by atoms with van der Waals surface area (Å²) in [6, 6.07) is 12.8. The van der Waals surface area contributed by atoms with E-state index in [9.17, 15) is 4.79 Å². The Morgan fingerprint density at radius 1 is 1.17 bits per heavy atom. The highest BCUT2D eigenvalue weighted by molar-refractivity contribution is 5.59. The number of aromatic nitrogens is 3. The fourth-order valence-corrected chi connectivity index (χ4v) is 2.18. The number of nitrogens with zero attached hydrogens (tertiary/aromatic N) is 2. The highest BCUT2D eigenvalue weighted by Gasteiger charge is 2.04. The van der Waals surface area contributed by atoms with Crippen LogP contribution in [0.2, 0.25) is 0 Å². The lowest BCUT2D eigenvalue weighted by molar-refractivity contribution is 0.414. The summed E-state index contributed by atoms with van der Waals surface area (Å²) in [6.45, 7) is 0.528. The molecule has 0 spiro atoms. The Labute approximate surface area is 133 Å². The number of hydrogen-bond acceptors (Lipinski definition) is 5. The maximum absolute atomic E-state index is 11.8. The van der Waals surface area contributed by atoms with Crippen LogP contribution in [0.1, 0.15) is 5.56 Å². The van der Waals surface area contributed by atoms with Gasteiger partial charge in [-0.1, -0.05) is 12.1 Å². The Hall–Kier alpha value is -3.15. The summed E-state index contributed by atoms with van der Waals surface area (Å²) in [5.74, 6) is 1.21. The number of H-pyrrole nitrogens is 1. The highest BCUT2D eigenvalue weighted by Crippen LogP contribution is 2.16. The summed E-state index contributed by atoms with van der Waals surface area (Å²) in [4.78, 5) is 22.9. The zero-order valence-electron chi connectivity index (χ0n) is 12.6. The fraction of sp³-hybridized carbons (Fsp3) is 0.118. The van der Waals surface area contributed by atoms with Gasteiger partial charge in [0, 0.05) is 30.6 Å². The van der Waals surface area contributed by atoms with E-state index in [1.54, 1.807) is 19.5 Å². The minimum absolute atomic E-state index is 0.208. The zero-order chi connectivity index (χ0) is 16.1. The first-order chi connectivity index (χ1) is 11.2. The van der Waals surface area contributed by atoms with Crippen molar-refractivity contribution < 1.29 is 4.74 Å². The first kappa shape index (κ1) is 14.8. The van der Waals surface area contributed by atoms with Gasteiger partial charge in [0.25, 0.3) is 5.56 Å². The molecular weight excluding hydrogens is 292 g/mol. The molecule has 23 heavy (non-hydrogen) atoms. The molecule has 6 nitrogen and oxygen atoms in total. The van der Waals surface area contributed by atoms with Crippen LogP contribution in [0, 0.1) is 0 Å². The van der Waals surface area contributed by atoms with Crippen LogP contribution in [-0.4, -0.2) is 22.1 Å². The van der Waals surface area contributed by atoms with Crippen molar-refractivity contribution in [2.24, 2.45) is 0 Å². The number of aromatic amines is 1. The summed E-state index contributed by atoms with van der Waals surface area (Å²) in [7, 11) is 1.63. The van der Waals surface area contributed by atoms with Crippen LogP contribution in [-0.2, 0) is 6.54 Å². The van der Waals surface area contributed by atoms with Gasteiger partial charge in [-0.25, -0.2) is 4.98 Å². The first-order valence-corrected chi connectivity index (χ1v) is 7.13. The van der Waals surface area contributed by atoms with E-state index in [2.05, 4.69) is 20.3 Å². The largest absolute Gasteiger partial charge is 0.497 e. The minimum Gasteiger partial charge on any atom is -0.497 e. The predicted octanol–water partition coefficient (Wildman–Crippen LogP) is 2.45. The van der Waals surface area contributed by atoms with Crippen molar-refractivity contribution in [3.8, 4) is 17.0 Å². The fourth-order valence-electron chi connectivity index (χ4n) is 2.18. The second-order valence-electron chi connectivity index (χ2n) is 4.92. The van der Waals surface area contributed by atoms with Gasteiger partial charge in [0.1, 0.15) is 5.75 Å². The van der Waals surface area contributed by atoms with Crippen molar-refractivity contribution in [3.63, 3.8) is 0 Å². The third-order valence-corrected chi connectivity index (χ3v) is 3.31. The lowest BCUT2D eigenvalue weighted by atomic mass is 10.2. The van der Waals surface area contributed by atoms with Gasteiger partial charge in [-0.15, -0.1) is 0 Å². The summed E-state index contributed by atoms with van der Waals surface area (Å²) in [6.07, 6.45) is 3.34. The molecule has 0 bridgehead atoms. The number of rotatable bonds is 5. The molecule has 0 saturated carbocycles. The lowest BCUT2D eigenvalue weighted by Gasteiger charge is -2.08. The van der Waals surface area contributed by atoms with Gasteiger partial charge in [-0.2, -0.15) is 0 Å². The molecule has 0 aliphatic rings. The van der Waals surface area contributed by atoms with Crippen molar-refractivity contribution in [1.29, 1.82) is 0 Å². The number of hydrogen-bond donors (Lipinski definition) is 2. The smallest absolute Gasteiger partial charge is 0.252 e. The molecule has 3 aromatic rings. The van der Waals surface area contributed by atoms with Crippen molar-refractivity contribution in [3.05, 3.63) is 70.8 Å². The van der Waals surface area contributed by atoms with E-state index >= 15 is 0 Å². The average molecular weight is 308 g/mol. The van der Waals surface area contributed by atoms with E-state index < -0.39 is 0 Å². The van der Waals surface area contributed by atoms with Crippen LogP contribution in [0.4, 0.5) is 5.95 Å². The molecule has 0 unspecified atom stereocenters. The molecule has 6 heteroatoms. The van der Waals surface area contributed by atoms with Crippen LogP contribution in [0.25, 0.3) is 11.3 Å². The normalized spacial score (nSPS) is 10.3. The molecule has 0 amide bonds. The van der Waals surface area contributed by atoms with Gasteiger partial charge in [-0.05, 0) is 29.8 Å². The van der Waals surface area contributed by atoms with Gasteiger partial charge in [0.2, 0.25) is 5.95 Å². The third kappa shape index (κ3) is 3.74. The van der Waals surface area contributed by atoms with E-state index in [1.165, 1.54) is 6.07 Å². The molecule has 0 aliphatic carbocycles. The Morgan fingerprint density at radius 2 is 2.00 bits per heavy atom. The number of pyridine rings is 1. The van der Waals surface area contributed by atoms with Crippen molar-refractivity contribution in [2.75, 3.05) is 12.4 Å². The van der Waals surface area contributed by atoms with Gasteiger partial charge in [0.05, 0.1) is 12.8 Å². The van der Waals surface area contributed by atoms with Crippen LogP contribution in [0.15, 0.2) is 59.7 Å². The summed E-state index contributed by atoms with van der Waals surface area (Å²) < 4.78 is 5.20. The zero-order valence-corrected chi connectivity index (χ0v) is 12.6. The second-order valence-corrected chi connectivity index (χ2v) is 4.92. The molecule has 0 radical (unpaired) electrons. The topological polar surface area (TPSA) is 79.9 Å². The quantitative estimate of drug-likeness (QED) is 0.757. The van der Waals surface area contributed by atoms with Crippen LogP contribution in [0.3, 0.4) is 0 Å². The average Bonchev–Trinajstić information content (AvgIpc) is 2.60. The van der Waals surface area contributed by atoms with Crippen LogP contribution in [0.5, 0.6) is 5.75 Å². The highest BCUT2D eigenvalue weighted by atomic mass is 16.5. The van der Waals surface area contributed by atoms with Crippen molar-refractivity contribution in [1.82, 2.24) is 15.0 Å². The monoisotopic (exact) mass is 308 g/mol. The molecule has 0 saturated heterocycles. The second kappa shape index (κ2) is 6.74. The van der Waals surface area contributed by atoms with Crippen molar-refractivity contribution in [2.45, 2.75) is 6.54 Å². The molecule has 0 atom stereocenters. The molecule has 0 fully saturated rings. The Bertz CT molecular complexity index is 846. The van der Waals surface area contributed by atoms with Crippen LogP contribution >= 0.6 is 0 Å². The summed E-state index contributed by atoms with van der Waals surface area (Å²) in [5.41, 5.74) is 2.26. The summed E-state index contributed by atoms with van der Waals surface area (Å²) in [5, 5.41) is 3.13. The lowest BCUT2D eigenvalue weighted by Crippen LogP contribution is -2.12. The molecule has 2 aromatic heterocycles. The number of nitrogens with one attached hydrogen (secondary N) is 2.